The standard InChI is InChI=1S/C17H19N3OS/c1-2-6-13-7-3-4-8-14(13)11-16-18-17(20-19-16)22-12-15-9-5-10-21-15/h3-5,7-10H,2,6,11-12H2,1H3,(H,18,19,20). The minimum atomic E-state index is 0.747. The zero-order valence-corrected chi connectivity index (χ0v) is 13.4. The van der Waals surface area contributed by atoms with E-state index in [1.165, 1.54) is 11.1 Å². The van der Waals surface area contributed by atoms with Crippen LogP contribution in [0, 0.1) is 0 Å². The number of benzene rings is 1. The molecule has 0 atom stereocenters. The highest BCUT2D eigenvalue weighted by molar-refractivity contribution is 7.98. The Balaban J connectivity index is 1.64. The fourth-order valence-electron chi connectivity index (χ4n) is 2.38. The van der Waals surface area contributed by atoms with Crippen molar-refractivity contribution >= 4 is 11.8 Å². The van der Waals surface area contributed by atoms with Crippen molar-refractivity contribution < 1.29 is 4.42 Å². The second-order valence-electron chi connectivity index (χ2n) is 5.13. The number of furan rings is 1. The average Bonchev–Trinajstić information content (AvgIpc) is 3.19. The molecule has 0 bridgehead atoms. The van der Waals surface area contributed by atoms with Gasteiger partial charge < -0.3 is 4.42 Å². The molecule has 3 aromatic rings. The molecule has 2 aromatic heterocycles. The van der Waals surface area contributed by atoms with Gasteiger partial charge in [0.25, 0.3) is 0 Å². The highest BCUT2D eigenvalue weighted by Crippen LogP contribution is 2.20. The lowest BCUT2D eigenvalue weighted by Crippen LogP contribution is -1.97. The third-order valence-electron chi connectivity index (χ3n) is 3.43. The number of rotatable bonds is 7. The summed E-state index contributed by atoms with van der Waals surface area (Å²) in [6.45, 7) is 2.20. The molecule has 0 radical (unpaired) electrons. The van der Waals surface area contributed by atoms with Crippen LogP contribution >= 0.6 is 11.8 Å². The number of nitrogens with one attached hydrogen (secondary N) is 1. The monoisotopic (exact) mass is 313 g/mol. The van der Waals surface area contributed by atoms with Crippen LogP contribution in [0.3, 0.4) is 0 Å². The summed E-state index contributed by atoms with van der Waals surface area (Å²) < 4.78 is 5.31. The van der Waals surface area contributed by atoms with Crippen molar-refractivity contribution in [2.75, 3.05) is 0 Å². The minimum Gasteiger partial charge on any atom is -0.468 e. The first-order chi connectivity index (χ1) is 10.8. The molecule has 5 heteroatoms. The molecular formula is C17H19N3OS. The summed E-state index contributed by atoms with van der Waals surface area (Å²) in [6, 6.07) is 12.4. The van der Waals surface area contributed by atoms with Crippen LogP contribution in [0.1, 0.15) is 36.1 Å². The maximum absolute atomic E-state index is 5.31. The summed E-state index contributed by atoms with van der Waals surface area (Å²) in [5.74, 6) is 2.59. The molecule has 114 valence electrons. The van der Waals surface area contributed by atoms with Gasteiger partial charge in [-0.1, -0.05) is 49.4 Å². The first kappa shape index (κ1) is 14.9. The van der Waals surface area contributed by atoms with Crippen molar-refractivity contribution in [2.45, 2.75) is 37.1 Å². The van der Waals surface area contributed by atoms with E-state index in [1.54, 1.807) is 18.0 Å². The second kappa shape index (κ2) is 7.31. The van der Waals surface area contributed by atoms with Crippen LogP contribution in [-0.2, 0) is 18.6 Å². The van der Waals surface area contributed by atoms with E-state index in [4.69, 9.17) is 4.42 Å². The molecule has 2 heterocycles. The summed E-state index contributed by atoms with van der Waals surface area (Å²) in [4.78, 5) is 4.56. The van der Waals surface area contributed by atoms with E-state index in [-0.39, 0.29) is 0 Å². The number of nitrogens with zero attached hydrogens (tertiary/aromatic N) is 2. The fraction of sp³-hybridized carbons (Fsp3) is 0.294. The Morgan fingerprint density at radius 3 is 2.77 bits per heavy atom. The fourth-order valence-corrected chi connectivity index (χ4v) is 3.10. The van der Waals surface area contributed by atoms with Gasteiger partial charge in [-0.3, -0.25) is 5.10 Å². The van der Waals surface area contributed by atoms with Gasteiger partial charge in [0.2, 0.25) is 5.16 Å². The summed E-state index contributed by atoms with van der Waals surface area (Å²) in [6.07, 6.45) is 4.73. The van der Waals surface area contributed by atoms with Crippen LogP contribution in [0.4, 0.5) is 0 Å². The van der Waals surface area contributed by atoms with Gasteiger partial charge in [-0.15, -0.1) is 5.10 Å². The maximum Gasteiger partial charge on any atom is 0.208 e. The number of thioether (sulfide) groups is 1. The predicted molar refractivity (Wildman–Crippen MR) is 87.9 cm³/mol. The average molecular weight is 313 g/mol. The molecule has 0 saturated carbocycles. The lowest BCUT2D eigenvalue weighted by Gasteiger charge is -2.06. The van der Waals surface area contributed by atoms with E-state index in [0.717, 1.165) is 41.8 Å². The lowest BCUT2D eigenvalue weighted by atomic mass is 10.0. The SMILES string of the molecule is CCCc1ccccc1Cc1nc(SCc2ccco2)n[nH]1. The first-order valence-electron chi connectivity index (χ1n) is 7.48. The van der Waals surface area contributed by atoms with Crippen LogP contribution in [0.25, 0.3) is 0 Å². The van der Waals surface area contributed by atoms with E-state index in [0.29, 0.717) is 0 Å². The van der Waals surface area contributed by atoms with Crippen molar-refractivity contribution in [3.05, 3.63) is 65.4 Å². The third-order valence-corrected chi connectivity index (χ3v) is 4.30. The Labute approximate surface area is 134 Å². The van der Waals surface area contributed by atoms with Crippen molar-refractivity contribution in [1.29, 1.82) is 0 Å². The number of aromatic amines is 1. The first-order valence-corrected chi connectivity index (χ1v) is 8.47. The molecular weight excluding hydrogens is 294 g/mol. The largest absolute Gasteiger partial charge is 0.468 e. The molecule has 4 nitrogen and oxygen atoms in total. The molecule has 0 saturated heterocycles. The van der Waals surface area contributed by atoms with Gasteiger partial charge in [0, 0.05) is 6.42 Å². The van der Waals surface area contributed by atoms with Crippen LogP contribution in [0.15, 0.2) is 52.2 Å². The second-order valence-corrected chi connectivity index (χ2v) is 6.07. The van der Waals surface area contributed by atoms with E-state index >= 15 is 0 Å². The predicted octanol–water partition coefficient (Wildman–Crippen LogP) is 4.23. The Morgan fingerprint density at radius 2 is 2.00 bits per heavy atom. The van der Waals surface area contributed by atoms with Crippen molar-refractivity contribution in [2.24, 2.45) is 0 Å². The minimum absolute atomic E-state index is 0.747. The lowest BCUT2D eigenvalue weighted by molar-refractivity contribution is 0.530. The molecule has 0 aliphatic heterocycles. The van der Waals surface area contributed by atoms with Gasteiger partial charge in [-0.2, -0.15) is 0 Å². The number of hydrogen-bond acceptors (Lipinski definition) is 4. The van der Waals surface area contributed by atoms with Gasteiger partial charge >= 0.3 is 0 Å². The number of aryl methyl sites for hydroxylation is 1. The highest BCUT2D eigenvalue weighted by atomic mass is 32.2. The van der Waals surface area contributed by atoms with Crippen LogP contribution in [0.2, 0.25) is 0 Å². The number of hydrogen-bond donors (Lipinski definition) is 1. The molecule has 0 aliphatic rings. The van der Waals surface area contributed by atoms with Gasteiger partial charge in [-0.25, -0.2) is 4.98 Å². The molecule has 1 N–H and O–H groups in total. The Hall–Kier alpha value is -2.01. The van der Waals surface area contributed by atoms with Crippen molar-refractivity contribution in [3.63, 3.8) is 0 Å². The Bertz CT molecular complexity index is 706. The van der Waals surface area contributed by atoms with Crippen LogP contribution in [-0.4, -0.2) is 15.2 Å². The summed E-state index contributed by atoms with van der Waals surface area (Å²) in [7, 11) is 0. The van der Waals surface area contributed by atoms with Gasteiger partial charge in [0.1, 0.15) is 11.6 Å². The topological polar surface area (TPSA) is 54.7 Å². The van der Waals surface area contributed by atoms with Crippen LogP contribution < -0.4 is 0 Å². The molecule has 0 fully saturated rings. The maximum atomic E-state index is 5.31. The van der Waals surface area contributed by atoms with E-state index < -0.39 is 0 Å². The molecule has 0 unspecified atom stereocenters. The summed E-state index contributed by atoms with van der Waals surface area (Å²) >= 11 is 1.58. The molecule has 22 heavy (non-hydrogen) atoms. The molecule has 3 rings (SSSR count). The Kier molecular flexibility index (Phi) is 4.96. The van der Waals surface area contributed by atoms with Gasteiger partial charge in [0.15, 0.2) is 0 Å². The zero-order valence-electron chi connectivity index (χ0n) is 12.6. The normalized spacial score (nSPS) is 11.0. The third kappa shape index (κ3) is 3.80. The molecule has 0 spiro atoms. The highest BCUT2D eigenvalue weighted by Gasteiger charge is 2.08. The smallest absolute Gasteiger partial charge is 0.208 e. The van der Waals surface area contributed by atoms with Gasteiger partial charge in [0.05, 0.1) is 12.0 Å². The molecule has 0 aliphatic carbocycles. The van der Waals surface area contributed by atoms with E-state index in [9.17, 15) is 0 Å². The summed E-state index contributed by atoms with van der Waals surface area (Å²) in [5, 5.41) is 8.08. The Morgan fingerprint density at radius 1 is 1.14 bits per heavy atom. The molecule has 0 amide bonds. The molecule has 1 aromatic carbocycles. The quantitative estimate of drug-likeness (QED) is 0.663. The van der Waals surface area contributed by atoms with Crippen molar-refractivity contribution in [3.8, 4) is 0 Å². The zero-order chi connectivity index (χ0) is 15.2. The van der Waals surface area contributed by atoms with Crippen LogP contribution in [0.5, 0.6) is 0 Å². The van der Waals surface area contributed by atoms with E-state index in [2.05, 4.69) is 46.4 Å². The van der Waals surface area contributed by atoms with E-state index in [1.807, 2.05) is 12.1 Å². The summed E-state index contributed by atoms with van der Waals surface area (Å²) in [5.41, 5.74) is 2.72. The van der Waals surface area contributed by atoms with Gasteiger partial charge in [-0.05, 0) is 29.7 Å². The number of H-pyrrole nitrogens is 1. The number of aromatic nitrogens is 3. The van der Waals surface area contributed by atoms with Crippen molar-refractivity contribution in [1.82, 2.24) is 15.2 Å².